The predicted octanol–water partition coefficient (Wildman–Crippen LogP) is 2.43. The van der Waals surface area contributed by atoms with Crippen LogP contribution in [0.5, 0.6) is 5.75 Å². The highest BCUT2D eigenvalue weighted by Crippen LogP contribution is 2.42. The molecule has 0 aliphatic carbocycles. The molecule has 2 aromatic carbocycles. The summed E-state index contributed by atoms with van der Waals surface area (Å²) in [5.41, 5.74) is 0.688. The van der Waals surface area contributed by atoms with Gasteiger partial charge in [0, 0.05) is 23.2 Å². The summed E-state index contributed by atoms with van der Waals surface area (Å²) in [5.74, 6) is 0.153. The number of hydrogen-bond acceptors (Lipinski definition) is 4. The lowest BCUT2D eigenvalue weighted by Crippen LogP contribution is -2.35. The zero-order chi connectivity index (χ0) is 16.0. The van der Waals surface area contributed by atoms with Crippen LogP contribution in [-0.2, 0) is 10.4 Å². The van der Waals surface area contributed by atoms with Crippen molar-refractivity contribution in [1.82, 2.24) is 4.98 Å². The quantitative estimate of drug-likeness (QED) is 0.763. The van der Waals surface area contributed by atoms with Crippen LogP contribution >= 0.6 is 0 Å². The molecule has 1 atom stereocenters. The Balaban J connectivity index is 1.91. The van der Waals surface area contributed by atoms with Gasteiger partial charge in [-0.25, -0.2) is 0 Å². The molecule has 5 heteroatoms. The van der Waals surface area contributed by atoms with Crippen LogP contribution in [0.3, 0.4) is 0 Å². The molecule has 5 nitrogen and oxygen atoms in total. The van der Waals surface area contributed by atoms with Gasteiger partial charge in [0.2, 0.25) is 0 Å². The van der Waals surface area contributed by atoms with Crippen LogP contribution in [-0.4, -0.2) is 23.1 Å². The van der Waals surface area contributed by atoms with E-state index in [0.717, 1.165) is 10.9 Å². The van der Waals surface area contributed by atoms with Gasteiger partial charge in [-0.2, -0.15) is 0 Å². The fourth-order valence-corrected chi connectivity index (χ4v) is 2.99. The standard InChI is InChI=1S/C18H14N2O3/c1-23-13-5-6-14-16(10-13)20-17(21)18(14,22)12-4-7-15-11(9-12)3-2-8-19-15/h2-10,22H,1H3,(H,20,21). The van der Waals surface area contributed by atoms with Crippen molar-refractivity contribution in [2.45, 2.75) is 5.60 Å². The zero-order valence-electron chi connectivity index (χ0n) is 12.4. The average molecular weight is 306 g/mol. The molecule has 0 radical (unpaired) electrons. The van der Waals surface area contributed by atoms with E-state index in [2.05, 4.69) is 10.3 Å². The minimum Gasteiger partial charge on any atom is -0.497 e. The maximum atomic E-state index is 12.5. The van der Waals surface area contributed by atoms with Crippen molar-refractivity contribution in [3.63, 3.8) is 0 Å². The Labute approximate surface area is 132 Å². The lowest BCUT2D eigenvalue weighted by atomic mass is 9.87. The van der Waals surface area contributed by atoms with Gasteiger partial charge >= 0.3 is 0 Å². The molecule has 1 amide bonds. The maximum absolute atomic E-state index is 12.5. The van der Waals surface area contributed by atoms with E-state index in [1.54, 1.807) is 49.7 Å². The zero-order valence-corrected chi connectivity index (χ0v) is 12.4. The number of nitrogens with zero attached hydrogens (tertiary/aromatic N) is 1. The highest BCUT2D eigenvalue weighted by Gasteiger charge is 2.47. The maximum Gasteiger partial charge on any atom is 0.265 e. The first kappa shape index (κ1) is 13.7. The number of amides is 1. The Bertz CT molecular complexity index is 938. The summed E-state index contributed by atoms with van der Waals surface area (Å²) in [4.78, 5) is 16.7. The summed E-state index contributed by atoms with van der Waals surface area (Å²) >= 11 is 0. The highest BCUT2D eigenvalue weighted by molar-refractivity contribution is 6.07. The van der Waals surface area contributed by atoms with E-state index in [0.29, 0.717) is 22.6 Å². The number of benzene rings is 2. The molecular formula is C18H14N2O3. The third-order valence-electron chi connectivity index (χ3n) is 4.21. The van der Waals surface area contributed by atoms with Crippen LogP contribution in [0.25, 0.3) is 10.9 Å². The fraction of sp³-hybridized carbons (Fsp3) is 0.111. The van der Waals surface area contributed by atoms with E-state index in [4.69, 9.17) is 4.74 Å². The highest BCUT2D eigenvalue weighted by atomic mass is 16.5. The Morgan fingerprint density at radius 1 is 1.17 bits per heavy atom. The lowest BCUT2D eigenvalue weighted by Gasteiger charge is -2.21. The molecule has 2 N–H and O–H groups in total. The molecule has 2 heterocycles. The van der Waals surface area contributed by atoms with E-state index in [9.17, 15) is 9.90 Å². The van der Waals surface area contributed by atoms with E-state index < -0.39 is 11.5 Å². The molecule has 1 aliphatic heterocycles. The van der Waals surface area contributed by atoms with Crippen molar-refractivity contribution in [3.8, 4) is 5.75 Å². The second kappa shape index (κ2) is 4.79. The average Bonchev–Trinajstić information content (AvgIpc) is 2.85. The summed E-state index contributed by atoms with van der Waals surface area (Å²) in [6.45, 7) is 0. The van der Waals surface area contributed by atoms with Crippen LogP contribution < -0.4 is 10.1 Å². The molecule has 1 aliphatic rings. The molecular weight excluding hydrogens is 292 g/mol. The number of carbonyl (C=O) groups is 1. The Kier molecular flexibility index (Phi) is 2.86. The van der Waals surface area contributed by atoms with Crippen molar-refractivity contribution in [2.24, 2.45) is 0 Å². The predicted molar refractivity (Wildman–Crippen MR) is 86.4 cm³/mol. The number of fused-ring (bicyclic) bond motifs is 2. The number of hydrogen-bond donors (Lipinski definition) is 2. The van der Waals surface area contributed by atoms with E-state index in [1.807, 2.05) is 12.1 Å². The second-order valence-corrected chi connectivity index (χ2v) is 5.49. The molecule has 114 valence electrons. The molecule has 4 rings (SSSR count). The number of pyridine rings is 1. The smallest absolute Gasteiger partial charge is 0.265 e. The summed E-state index contributed by atoms with van der Waals surface area (Å²) in [6.07, 6.45) is 1.71. The number of nitrogens with one attached hydrogen (secondary N) is 1. The van der Waals surface area contributed by atoms with E-state index in [-0.39, 0.29) is 0 Å². The van der Waals surface area contributed by atoms with Crippen molar-refractivity contribution in [3.05, 3.63) is 65.9 Å². The van der Waals surface area contributed by atoms with Crippen LogP contribution in [0.4, 0.5) is 5.69 Å². The Morgan fingerprint density at radius 3 is 2.87 bits per heavy atom. The third-order valence-corrected chi connectivity index (χ3v) is 4.21. The third kappa shape index (κ3) is 1.90. The Morgan fingerprint density at radius 2 is 2.04 bits per heavy atom. The summed E-state index contributed by atoms with van der Waals surface area (Å²) in [5, 5.41) is 14.7. The van der Waals surface area contributed by atoms with Crippen LogP contribution in [0.1, 0.15) is 11.1 Å². The lowest BCUT2D eigenvalue weighted by molar-refractivity contribution is -0.129. The topological polar surface area (TPSA) is 71.5 Å². The molecule has 0 saturated carbocycles. The van der Waals surface area contributed by atoms with Gasteiger partial charge in [-0.15, -0.1) is 0 Å². The number of aromatic nitrogens is 1. The first-order valence-corrected chi connectivity index (χ1v) is 7.20. The van der Waals surface area contributed by atoms with Crippen LogP contribution in [0.2, 0.25) is 0 Å². The number of aliphatic hydroxyl groups is 1. The van der Waals surface area contributed by atoms with Gasteiger partial charge in [0.15, 0.2) is 5.60 Å². The monoisotopic (exact) mass is 306 g/mol. The first-order chi connectivity index (χ1) is 11.1. The van der Waals surface area contributed by atoms with Gasteiger partial charge in [0.25, 0.3) is 5.91 Å². The summed E-state index contributed by atoms with van der Waals surface area (Å²) in [7, 11) is 1.56. The second-order valence-electron chi connectivity index (χ2n) is 5.49. The van der Waals surface area contributed by atoms with Gasteiger partial charge in [-0.1, -0.05) is 12.1 Å². The number of anilines is 1. The molecule has 0 spiro atoms. The fourth-order valence-electron chi connectivity index (χ4n) is 2.99. The van der Waals surface area contributed by atoms with Crippen LogP contribution in [0, 0.1) is 0 Å². The van der Waals surface area contributed by atoms with Gasteiger partial charge in [0.1, 0.15) is 5.75 Å². The molecule has 23 heavy (non-hydrogen) atoms. The van der Waals surface area contributed by atoms with Crippen molar-refractivity contribution in [1.29, 1.82) is 0 Å². The van der Waals surface area contributed by atoms with Gasteiger partial charge in [-0.05, 0) is 35.9 Å². The van der Waals surface area contributed by atoms with Gasteiger partial charge < -0.3 is 15.2 Å². The van der Waals surface area contributed by atoms with Crippen molar-refractivity contribution in [2.75, 3.05) is 12.4 Å². The van der Waals surface area contributed by atoms with Crippen molar-refractivity contribution < 1.29 is 14.6 Å². The minimum atomic E-state index is -1.72. The van der Waals surface area contributed by atoms with Gasteiger partial charge in [0.05, 0.1) is 18.3 Å². The summed E-state index contributed by atoms with van der Waals surface area (Å²) < 4.78 is 5.17. The number of rotatable bonds is 2. The minimum absolute atomic E-state index is 0.469. The summed E-state index contributed by atoms with van der Waals surface area (Å²) in [6, 6.07) is 14.2. The number of methoxy groups -OCH3 is 1. The van der Waals surface area contributed by atoms with E-state index in [1.165, 1.54) is 0 Å². The van der Waals surface area contributed by atoms with Crippen LogP contribution in [0.15, 0.2) is 54.7 Å². The van der Waals surface area contributed by atoms with E-state index >= 15 is 0 Å². The molecule has 0 fully saturated rings. The largest absolute Gasteiger partial charge is 0.497 e. The number of carbonyl (C=O) groups excluding carboxylic acids is 1. The molecule has 0 bridgehead atoms. The Hall–Kier alpha value is -2.92. The molecule has 3 aromatic rings. The van der Waals surface area contributed by atoms with Crippen molar-refractivity contribution >= 4 is 22.5 Å². The molecule has 1 aromatic heterocycles. The molecule has 0 saturated heterocycles. The number of ether oxygens (including phenoxy) is 1. The normalized spacial score (nSPS) is 19.5. The SMILES string of the molecule is COc1ccc2c(c1)NC(=O)C2(O)c1ccc2ncccc2c1. The van der Waals surface area contributed by atoms with Gasteiger partial charge in [-0.3, -0.25) is 9.78 Å². The molecule has 1 unspecified atom stereocenters. The first-order valence-electron chi connectivity index (χ1n) is 7.20.